The first-order valence-electron chi connectivity index (χ1n) is 11.1. The zero-order valence-electron chi connectivity index (χ0n) is 18.5. The molecule has 0 spiro atoms. The van der Waals surface area contributed by atoms with Crippen LogP contribution in [0.5, 0.6) is 0 Å². The molecule has 0 unspecified atom stereocenters. The maximum absolute atomic E-state index is 11.9. The Hall–Kier alpha value is -2.28. The van der Waals surface area contributed by atoms with Crippen molar-refractivity contribution < 1.29 is 44.2 Å². The van der Waals surface area contributed by atoms with Gasteiger partial charge in [0.15, 0.2) is 6.29 Å². The van der Waals surface area contributed by atoms with Crippen molar-refractivity contribution in [1.82, 2.24) is 10.6 Å². The zero-order valence-corrected chi connectivity index (χ0v) is 18.5. The molecule has 1 aromatic carbocycles. The summed E-state index contributed by atoms with van der Waals surface area (Å²) in [5.74, 6) is -0.164. The number of hydrogen-bond donors (Lipinski definition) is 6. The summed E-state index contributed by atoms with van der Waals surface area (Å²) in [5, 5.41) is 43.8. The molecule has 0 radical (unpaired) electrons. The predicted octanol–water partition coefficient (Wildman–Crippen LogP) is -0.594. The van der Waals surface area contributed by atoms with Crippen LogP contribution in [0.4, 0.5) is 4.79 Å². The van der Waals surface area contributed by atoms with Crippen molar-refractivity contribution in [3.63, 3.8) is 0 Å². The van der Waals surface area contributed by atoms with Crippen LogP contribution in [0.25, 0.3) is 0 Å². The Kier molecular flexibility index (Phi) is 12.1. The fraction of sp³-hybridized carbons (Fsp3) is 0.636. The molecule has 0 aromatic heterocycles. The molecule has 33 heavy (non-hydrogen) atoms. The number of nitrogens with one attached hydrogen (secondary N) is 2. The second-order valence-electron chi connectivity index (χ2n) is 7.72. The van der Waals surface area contributed by atoms with Gasteiger partial charge in [0.25, 0.3) is 0 Å². The van der Waals surface area contributed by atoms with Crippen molar-refractivity contribution in [2.45, 2.75) is 63.0 Å². The predicted molar refractivity (Wildman–Crippen MR) is 116 cm³/mol. The first-order valence-corrected chi connectivity index (χ1v) is 11.1. The van der Waals surface area contributed by atoms with Crippen LogP contribution in [-0.2, 0) is 25.6 Å². The molecule has 0 saturated carbocycles. The Morgan fingerprint density at radius 2 is 1.70 bits per heavy atom. The van der Waals surface area contributed by atoms with E-state index in [-0.39, 0.29) is 25.7 Å². The number of rotatable bonds is 13. The van der Waals surface area contributed by atoms with Crippen LogP contribution in [0, 0.1) is 0 Å². The average Bonchev–Trinajstić information content (AvgIpc) is 2.83. The molecule has 1 aliphatic rings. The number of aliphatic hydroxyl groups excluding tert-OH is 4. The zero-order chi connectivity index (χ0) is 24.1. The summed E-state index contributed by atoms with van der Waals surface area (Å²) >= 11 is 0. The summed E-state index contributed by atoms with van der Waals surface area (Å²) in [4.78, 5) is 23.5. The Morgan fingerprint density at radius 1 is 0.939 bits per heavy atom. The van der Waals surface area contributed by atoms with E-state index in [1.807, 2.05) is 30.3 Å². The topological polar surface area (TPSA) is 167 Å². The molecule has 6 N–H and O–H groups in total. The van der Waals surface area contributed by atoms with Crippen LogP contribution < -0.4 is 10.6 Å². The van der Waals surface area contributed by atoms with Crippen LogP contribution >= 0.6 is 0 Å². The van der Waals surface area contributed by atoms with Gasteiger partial charge in [-0.2, -0.15) is 0 Å². The van der Waals surface area contributed by atoms with E-state index in [0.29, 0.717) is 25.8 Å². The second-order valence-corrected chi connectivity index (χ2v) is 7.72. The highest BCUT2D eigenvalue weighted by atomic mass is 16.7. The monoisotopic (exact) mass is 470 g/mol. The quantitative estimate of drug-likeness (QED) is 0.206. The second kappa shape index (κ2) is 14.8. The molecule has 2 rings (SSSR count). The lowest BCUT2D eigenvalue weighted by Gasteiger charge is -2.39. The lowest BCUT2D eigenvalue weighted by atomic mass is 9.99. The first-order chi connectivity index (χ1) is 15.9. The standard InChI is InChI=1S/C22H34N2O9/c25-13-16-18(27)19(28)20(29)21(33-16)31-12-11-23-17(26)9-5-2-6-10-24-22(30)32-14-15-7-3-1-4-8-15/h1,3-4,7-8,16,18-21,25,27-29H,2,5-6,9-14H2,(H,23,26)(H,24,30)/t16-,18-,19+,20-,21+/m1/s1. The normalized spacial score (nSPS) is 24.8. The fourth-order valence-electron chi connectivity index (χ4n) is 3.21. The van der Waals surface area contributed by atoms with Crippen molar-refractivity contribution in [2.75, 3.05) is 26.3 Å². The molecule has 1 heterocycles. The van der Waals surface area contributed by atoms with Crippen molar-refractivity contribution in [2.24, 2.45) is 0 Å². The Balaban J connectivity index is 1.46. The van der Waals surface area contributed by atoms with Crippen LogP contribution in [-0.4, -0.2) is 89.4 Å². The number of aliphatic hydroxyl groups is 4. The Bertz CT molecular complexity index is 704. The van der Waals surface area contributed by atoms with Gasteiger partial charge < -0.3 is 45.3 Å². The van der Waals surface area contributed by atoms with Gasteiger partial charge in [-0.1, -0.05) is 36.8 Å². The van der Waals surface area contributed by atoms with Crippen molar-refractivity contribution in [1.29, 1.82) is 0 Å². The number of alkyl carbamates (subject to hydrolysis) is 1. The van der Waals surface area contributed by atoms with Crippen LogP contribution in [0.2, 0.25) is 0 Å². The third kappa shape index (κ3) is 9.62. The molecular formula is C22H34N2O9. The molecule has 1 fully saturated rings. The molecular weight excluding hydrogens is 436 g/mol. The van der Waals surface area contributed by atoms with Gasteiger partial charge in [-0.3, -0.25) is 4.79 Å². The van der Waals surface area contributed by atoms with Gasteiger partial charge in [0, 0.05) is 19.5 Å². The maximum Gasteiger partial charge on any atom is 0.407 e. The highest BCUT2D eigenvalue weighted by Gasteiger charge is 2.43. The highest BCUT2D eigenvalue weighted by molar-refractivity contribution is 5.75. The largest absolute Gasteiger partial charge is 0.445 e. The van der Waals surface area contributed by atoms with Crippen LogP contribution in [0.1, 0.15) is 31.2 Å². The molecule has 5 atom stereocenters. The van der Waals surface area contributed by atoms with Crippen molar-refractivity contribution >= 4 is 12.0 Å². The van der Waals surface area contributed by atoms with Gasteiger partial charge in [0.1, 0.15) is 31.0 Å². The minimum absolute atomic E-state index is 0.0173. The van der Waals surface area contributed by atoms with Gasteiger partial charge in [-0.25, -0.2) is 4.79 Å². The van der Waals surface area contributed by atoms with E-state index in [0.717, 1.165) is 12.0 Å². The molecule has 11 heteroatoms. The van der Waals surface area contributed by atoms with Gasteiger partial charge in [0.2, 0.25) is 5.91 Å². The Labute approximate surface area is 192 Å². The molecule has 11 nitrogen and oxygen atoms in total. The molecule has 1 saturated heterocycles. The summed E-state index contributed by atoms with van der Waals surface area (Å²) in [7, 11) is 0. The van der Waals surface area contributed by atoms with Crippen molar-refractivity contribution in [3.05, 3.63) is 35.9 Å². The summed E-state index contributed by atoms with van der Waals surface area (Å²) in [6.45, 7) is 0.327. The molecule has 0 aliphatic carbocycles. The van der Waals surface area contributed by atoms with E-state index < -0.39 is 43.4 Å². The third-order valence-corrected chi connectivity index (χ3v) is 5.12. The van der Waals surface area contributed by atoms with Gasteiger partial charge >= 0.3 is 6.09 Å². The van der Waals surface area contributed by atoms with Gasteiger partial charge in [-0.05, 0) is 18.4 Å². The smallest absolute Gasteiger partial charge is 0.407 e. The lowest BCUT2D eigenvalue weighted by molar-refractivity contribution is -0.300. The van der Waals surface area contributed by atoms with E-state index in [1.165, 1.54) is 0 Å². The number of amides is 2. The van der Waals surface area contributed by atoms with E-state index in [4.69, 9.17) is 19.3 Å². The number of hydrogen-bond acceptors (Lipinski definition) is 9. The van der Waals surface area contributed by atoms with E-state index >= 15 is 0 Å². The van der Waals surface area contributed by atoms with Crippen molar-refractivity contribution in [3.8, 4) is 0 Å². The minimum Gasteiger partial charge on any atom is -0.445 e. The molecule has 1 aliphatic heterocycles. The van der Waals surface area contributed by atoms with Crippen LogP contribution in [0.3, 0.4) is 0 Å². The lowest BCUT2D eigenvalue weighted by Crippen LogP contribution is -2.59. The number of ether oxygens (including phenoxy) is 3. The molecule has 186 valence electrons. The third-order valence-electron chi connectivity index (χ3n) is 5.12. The van der Waals surface area contributed by atoms with Gasteiger partial charge in [-0.15, -0.1) is 0 Å². The Morgan fingerprint density at radius 3 is 2.42 bits per heavy atom. The molecule has 1 aromatic rings. The first kappa shape index (κ1) is 27.0. The number of carbonyl (C=O) groups is 2. The summed E-state index contributed by atoms with van der Waals surface area (Å²) in [5.41, 5.74) is 0.914. The summed E-state index contributed by atoms with van der Waals surface area (Å²) in [6.07, 6.45) is -4.71. The summed E-state index contributed by atoms with van der Waals surface area (Å²) < 4.78 is 15.6. The number of carbonyl (C=O) groups excluding carboxylic acids is 2. The maximum atomic E-state index is 11.9. The summed E-state index contributed by atoms with van der Waals surface area (Å²) in [6, 6.07) is 9.39. The minimum atomic E-state index is -1.50. The van der Waals surface area contributed by atoms with E-state index in [1.54, 1.807) is 0 Å². The number of unbranched alkanes of at least 4 members (excludes halogenated alkanes) is 2. The van der Waals surface area contributed by atoms with Gasteiger partial charge in [0.05, 0.1) is 13.2 Å². The molecule has 0 bridgehead atoms. The van der Waals surface area contributed by atoms with E-state index in [2.05, 4.69) is 10.6 Å². The molecule has 2 amide bonds. The number of benzene rings is 1. The average molecular weight is 471 g/mol. The SMILES string of the molecule is O=C(CCCCCNC(=O)OCc1ccccc1)NCCO[C@H]1O[C@H](CO)[C@@H](O)[C@H](O)[C@H]1O. The van der Waals surface area contributed by atoms with E-state index in [9.17, 15) is 24.9 Å². The van der Waals surface area contributed by atoms with Crippen LogP contribution in [0.15, 0.2) is 30.3 Å². The highest BCUT2D eigenvalue weighted by Crippen LogP contribution is 2.21. The fourth-order valence-corrected chi connectivity index (χ4v) is 3.21.